The van der Waals surface area contributed by atoms with E-state index in [1.165, 1.54) is 55.2 Å². The van der Waals surface area contributed by atoms with Crippen LogP contribution in [0.3, 0.4) is 0 Å². The Bertz CT molecular complexity index is 2340. The third-order valence-corrected chi connectivity index (χ3v) is 10.2. The van der Waals surface area contributed by atoms with Crippen LogP contribution in [-0.2, 0) is 6.42 Å². The normalized spacial score (nSPS) is 19.2. The van der Waals surface area contributed by atoms with Gasteiger partial charge in [0.1, 0.15) is 0 Å². The summed E-state index contributed by atoms with van der Waals surface area (Å²) in [7, 11) is 0. The zero-order chi connectivity index (χ0) is 30.6. The van der Waals surface area contributed by atoms with Crippen molar-refractivity contribution in [3.8, 4) is 11.8 Å². The molecule has 3 aliphatic rings. The van der Waals surface area contributed by atoms with Crippen molar-refractivity contribution in [2.24, 2.45) is 0 Å². The van der Waals surface area contributed by atoms with Crippen LogP contribution in [0.5, 0.6) is 0 Å². The Balaban J connectivity index is 1.10. The molecule has 9 rings (SSSR count). The van der Waals surface area contributed by atoms with E-state index < -0.39 is 0 Å². The molecule has 4 aromatic carbocycles. The summed E-state index contributed by atoms with van der Waals surface area (Å²) in [6, 6.07) is 37.6. The maximum Gasteiger partial charge on any atom is 0.0975 e. The Morgan fingerprint density at radius 1 is 0.674 bits per heavy atom. The first kappa shape index (κ1) is 26.8. The van der Waals surface area contributed by atoms with Gasteiger partial charge < -0.3 is 9.13 Å². The summed E-state index contributed by atoms with van der Waals surface area (Å²) in [5.41, 5.74) is 11.9. The molecule has 46 heavy (non-hydrogen) atoms. The average Bonchev–Trinajstić information content (AvgIpc) is 3.64. The predicted octanol–water partition coefficient (Wildman–Crippen LogP) is 10.7. The van der Waals surface area contributed by atoms with Crippen molar-refractivity contribution >= 4 is 38.8 Å². The first-order valence-corrected chi connectivity index (χ1v) is 16.4. The highest BCUT2D eigenvalue weighted by atomic mass is 15.0. The number of para-hydroxylation sites is 4. The molecule has 0 bridgehead atoms. The zero-order valence-corrected chi connectivity index (χ0v) is 25.6. The van der Waals surface area contributed by atoms with E-state index in [0.29, 0.717) is 0 Å². The van der Waals surface area contributed by atoms with E-state index in [4.69, 9.17) is 0 Å². The van der Waals surface area contributed by atoms with Gasteiger partial charge in [-0.2, -0.15) is 5.26 Å². The van der Waals surface area contributed by atoms with Crippen LogP contribution in [0.25, 0.3) is 44.5 Å². The van der Waals surface area contributed by atoms with Crippen LogP contribution in [0.2, 0.25) is 0 Å². The molecular formula is C43H33N3. The van der Waals surface area contributed by atoms with Gasteiger partial charge in [-0.05, 0) is 66.7 Å². The lowest BCUT2D eigenvalue weighted by Crippen LogP contribution is -2.18. The van der Waals surface area contributed by atoms with Crippen molar-refractivity contribution in [3.05, 3.63) is 167 Å². The van der Waals surface area contributed by atoms with Crippen LogP contribution in [0.4, 0.5) is 0 Å². The molecule has 0 amide bonds. The molecule has 0 radical (unpaired) electrons. The first-order chi connectivity index (χ1) is 22.8. The molecule has 3 aliphatic carbocycles. The summed E-state index contributed by atoms with van der Waals surface area (Å²) in [6.45, 7) is 0. The molecule has 3 nitrogen and oxygen atoms in total. The van der Waals surface area contributed by atoms with Crippen LogP contribution in [0.15, 0.2) is 150 Å². The molecule has 2 unspecified atom stereocenters. The summed E-state index contributed by atoms with van der Waals surface area (Å²) >= 11 is 0. The Morgan fingerprint density at radius 2 is 1.37 bits per heavy atom. The van der Waals surface area contributed by atoms with Gasteiger partial charge in [-0.15, -0.1) is 0 Å². The maximum atomic E-state index is 10.7. The Kier molecular flexibility index (Phi) is 6.28. The lowest BCUT2D eigenvalue weighted by atomic mass is 9.83. The van der Waals surface area contributed by atoms with E-state index in [-0.39, 0.29) is 12.0 Å². The smallest absolute Gasteiger partial charge is 0.0975 e. The average molecular weight is 592 g/mol. The fourth-order valence-electron chi connectivity index (χ4n) is 8.12. The first-order valence-electron chi connectivity index (χ1n) is 16.4. The summed E-state index contributed by atoms with van der Waals surface area (Å²) in [5.74, 6) is 0.238. The van der Waals surface area contributed by atoms with Crippen LogP contribution >= 0.6 is 0 Å². The summed E-state index contributed by atoms with van der Waals surface area (Å²) in [5, 5.41) is 14.5. The number of aromatic nitrogens is 2. The van der Waals surface area contributed by atoms with Crippen molar-refractivity contribution in [2.45, 2.75) is 37.6 Å². The summed E-state index contributed by atoms with van der Waals surface area (Å²) < 4.78 is 4.89. The van der Waals surface area contributed by atoms with Crippen molar-refractivity contribution < 1.29 is 0 Å². The Morgan fingerprint density at radius 3 is 2.11 bits per heavy atom. The fraction of sp³-hybridized carbons (Fsp3) is 0.140. The molecule has 0 aliphatic heterocycles. The number of hydrogen-bond acceptors (Lipinski definition) is 1. The second-order valence-corrected chi connectivity index (χ2v) is 12.6. The molecular weight excluding hydrogens is 558 g/mol. The molecule has 0 fully saturated rings. The van der Waals surface area contributed by atoms with E-state index in [1.807, 2.05) is 0 Å². The van der Waals surface area contributed by atoms with Crippen LogP contribution in [-0.4, -0.2) is 9.13 Å². The number of rotatable bonds is 4. The molecule has 6 aromatic rings. The van der Waals surface area contributed by atoms with Gasteiger partial charge in [-0.3, -0.25) is 0 Å². The number of benzene rings is 4. The summed E-state index contributed by atoms with van der Waals surface area (Å²) in [4.78, 5) is 0. The second kappa shape index (κ2) is 10.8. The minimum atomic E-state index is -0.00629. The molecule has 0 saturated carbocycles. The number of fused-ring (bicyclic) bond motifs is 6. The van der Waals surface area contributed by atoms with Gasteiger partial charge in [-0.25, -0.2) is 0 Å². The predicted molar refractivity (Wildman–Crippen MR) is 190 cm³/mol. The monoisotopic (exact) mass is 591 g/mol. The van der Waals surface area contributed by atoms with Gasteiger partial charge in [0.2, 0.25) is 0 Å². The largest absolute Gasteiger partial charge is 0.335 e. The lowest BCUT2D eigenvalue weighted by molar-refractivity contribution is 0.578. The van der Waals surface area contributed by atoms with Crippen LogP contribution < -0.4 is 0 Å². The summed E-state index contributed by atoms with van der Waals surface area (Å²) in [6.07, 6.45) is 19.7. The minimum Gasteiger partial charge on any atom is -0.335 e. The second-order valence-electron chi connectivity index (χ2n) is 12.6. The lowest BCUT2D eigenvalue weighted by Gasteiger charge is -2.28. The van der Waals surface area contributed by atoms with E-state index in [0.717, 1.165) is 42.4 Å². The molecule has 0 N–H and O–H groups in total. The van der Waals surface area contributed by atoms with Crippen molar-refractivity contribution in [1.82, 2.24) is 9.13 Å². The highest BCUT2D eigenvalue weighted by molar-refractivity contribution is 6.09. The van der Waals surface area contributed by atoms with E-state index in [9.17, 15) is 5.26 Å². The molecule has 3 heteroatoms. The van der Waals surface area contributed by atoms with Gasteiger partial charge in [0.15, 0.2) is 0 Å². The van der Waals surface area contributed by atoms with Gasteiger partial charge in [0, 0.05) is 44.5 Å². The van der Waals surface area contributed by atoms with Crippen molar-refractivity contribution in [1.29, 1.82) is 5.26 Å². The van der Waals surface area contributed by atoms with Crippen LogP contribution in [0.1, 0.15) is 48.0 Å². The van der Waals surface area contributed by atoms with Crippen LogP contribution in [0, 0.1) is 11.3 Å². The zero-order valence-electron chi connectivity index (χ0n) is 25.6. The number of nitrogens with zero attached hydrogens (tertiary/aromatic N) is 3. The Hall–Kier alpha value is -5.59. The van der Waals surface area contributed by atoms with Crippen molar-refractivity contribution in [2.75, 3.05) is 0 Å². The SMILES string of the molecule is N#CC1=C(C2=CCC(c3ccccc3-n3c4ccccc4c4ccccc43)C=C2)C=CCC1n1c2c(c3ccccc31)C=CCC2. The highest BCUT2D eigenvalue weighted by Crippen LogP contribution is 2.42. The van der Waals surface area contributed by atoms with Gasteiger partial charge in [0.05, 0.1) is 28.7 Å². The maximum absolute atomic E-state index is 10.7. The standard InChI is InChI=1S/C43H33N3/c44-28-37-31(17-11-23-43(37)46-41-21-9-4-15-35(41)36-16-5-10-22-42(36)46)29-24-26-30(27-25-29)32-12-1-6-18-38(32)45-39-19-7-2-13-33(39)34-14-3-8-20-40(34)45/h1-9,11-21,24-26,30,43H,10,22-23,27H2. The number of allylic oxidation sites excluding steroid dienone is 9. The van der Waals surface area contributed by atoms with Gasteiger partial charge >= 0.3 is 0 Å². The molecule has 2 heterocycles. The van der Waals surface area contributed by atoms with Gasteiger partial charge in [0.25, 0.3) is 0 Å². The topological polar surface area (TPSA) is 33.6 Å². The quantitative estimate of drug-likeness (QED) is 0.201. The minimum absolute atomic E-state index is 0.00629. The third-order valence-electron chi connectivity index (χ3n) is 10.2. The third kappa shape index (κ3) is 4.04. The molecule has 0 saturated heterocycles. The van der Waals surface area contributed by atoms with Gasteiger partial charge in [-0.1, -0.05) is 115 Å². The molecule has 2 atom stereocenters. The molecule has 2 aromatic heterocycles. The fourth-order valence-corrected chi connectivity index (χ4v) is 8.12. The molecule has 0 spiro atoms. The molecule has 220 valence electrons. The van der Waals surface area contributed by atoms with E-state index in [2.05, 4.69) is 155 Å². The highest BCUT2D eigenvalue weighted by Gasteiger charge is 2.29. The Labute approximate surface area is 269 Å². The number of hydrogen-bond donors (Lipinski definition) is 0. The van der Waals surface area contributed by atoms with E-state index in [1.54, 1.807) is 0 Å². The van der Waals surface area contributed by atoms with E-state index >= 15 is 0 Å². The number of nitriles is 1. The van der Waals surface area contributed by atoms with Crippen molar-refractivity contribution in [3.63, 3.8) is 0 Å².